The van der Waals surface area contributed by atoms with Gasteiger partial charge in [0, 0.05) is 13.6 Å². The predicted molar refractivity (Wildman–Crippen MR) is 31.0 cm³/mol. The molecule has 0 aliphatic carbocycles. The Kier molecular flexibility index (Phi) is 2.95. The monoisotopic (exact) mass is 117 g/mol. The van der Waals surface area contributed by atoms with E-state index in [1.165, 1.54) is 0 Å². The third-order valence-corrected chi connectivity index (χ3v) is 0.775. The fourth-order valence-corrected chi connectivity index (χ4v) is 0.267. The number of amides is 2. The van der Waals surface area contributed by atoms with Gasteiger partial charge in [0.2, 0.25) is 0 Å². The molecule has 0 rings (SSSR count). The normalized spacial score (nSPS) is 9.38. The molecule has 0 heterocycles. The van der Waals surface area contributed by atoms with Crippen molar-refractivity contribution in [2.24, 2.45) is 5.73 Å². The van der Waals surface area contributed by atoms with E-state index in [-0.39, 0.29) is 0 Å². The Hall–Kier alpha value is -0.770. The molecule has 48 valence electrons. The van der Waals surface area contributed by atoms with Gasteiger partial charge in [-0.3, -0.25) is 5.43 Å². The van der Waals surface area contributed by atoms with Crippen molar-refractivity contribution in [2.75, 3.05) is 13.6 Å². The van der Waals surface area contributed by atoms with Gasteiger partial charge in [0.1, 0.15) is 0 Å². The van der Waals surface area contributed by atoms with Crippen LogP contribution >= 0.6 is 0 Å². The van der Waals surface area contributed by atoms with Crippen LogP contribution in [0.4, 0.5) is 4.79 Å². The number of hydrogen-bond acceptors (Lipinski definition) is 2. The lowest BCUT2D eigenvalue weighted by Gasteiger charge is -2.12. The molecule has 0 aromatic rings. The highest BCUT2D eigenvalue weighted by Gasteiger charge is 1.92. The molecule has 8 heavy (non-hydrogen) atoms. The van der Waals surface area contributed by atoms with E-state index in [1.54, 1.807) is 12.1 Å². The van der Waals surface area contributed by atoms with Gasteiger partial charge in [-0.15, -0.1) is 0 Å². The first-order chi connectivity index (χ1) is 3.66. The molecule has 3 N–H and O–H groups in total. The number of rotatable bonds is 2. The zero-order valence-electron chi connectivity index (χ0n) is 5.14. The maximum atomic E-state index is 10.0. The van der Waals surface area contributed by atoms with Crippen LogP contribution in [0.1, 0.15) is 6.92 Å². The second-order valence-electron chi connectivity index (χ2n) is 1.49. The average Bonchev–Trinajstić information content (AvgIpc) is 1.65. The molecule has 0 unspecified atom stereocenters. The third kappa shape index (κ3) is 3.42. The fraction of sp³-hybridized carbons (Fsp3) is 0.750. The number of primary amides is 1. The van der Waals surface area contributed by atoms with E-state index >= 15 is 0 Å². The lowest BCUT2D eigenvalue weighted by molar-refractivity contribution is 0.210. The Morgan fingerprint density at radius 2 is 2.38 bits per heavy atom. The number of carbonyl (C=O) groups is 1. The molecule has 0 atom stereocenters. The van der Waals surface area contributed by atoms with Crippen molar-refractivity contribution in [3.8, 4) is 0 Å². The summed E-state index contributed by atoms with van der Waals surface area (Å²) in [7, 11) is 1.74. The summed E-state index contributed by atoms with van der Waals surface area (Å²) in [5.41, 5.74) is 7.14. The largest absolute Gasteiger partial charge is 0.351 e. The number of urea groups is 1. The van der Waals surface area contributed by atoms with Crippen molar-refractivity contribution < 1.29 is 4.79 Å². The van der Waals surface area contributed by atoms with Gasteiger partial charge in [0.15, 0.2) is 0 Å². The first kappa shape index (κ1) is 7.23. The fourth-order valence-electron chi connectivity index (χ4n) is 0.267. The van der Waals surface area contributed by atoms with Crippen LogP contribution in [0.5, 0.6) is 0 Å². The summed E-state index contributed by atoms with van der Waals surface area (Å²) in [6, 6.07) is -0.519. The van der Waals surface area contributed by atoms with E-state index < -0.39 is 6.03 Å². The van der Waals surface area contributed by atoms with Crippen molar-refractivity contribution in [1.29, 1.82) is 0 Å². The molecule has 0 spiro atoms. The van der Waals surface area contributed by atoms with Gasteiger partial charge in [-0.1, -0.05) is 6.92 Å². The van der Waals surface area contributed by atoms with E-state index in [0.717, 1.165) is 6.54 Å². The minimum Gasteiger partial charge on any atom is -0.351 e. The van der Waals surface area contributed by atoms with Crippen LogP contribution < -0.4 is 11.2 Å². The van der Waals surface area contributed by atoms with Gasteiger partial charge in [0.25, 0.3) is 0 Å². The molecule has 4 heteroatoms. The quantitative estimate of drug-likeness (QED) is 0.480. The molecule has 0 fully saturated rings. The Morgan fingerprint density at radius 3 is 2.50 bits per heavy atom. The van der Waals surface area contributed by atoms with Crippen molar-refractivity contribution in [1.82, 2.24) is 10.4 Å². The van der Waals surface area contributed by atoms with Crippen LogP contribution in [0.2, 0.25) is 0 Å². The summed E-state index contributed by atoms with van der Waals surface area (Å²) < 4.78 is 0. The molecule has 2 amide bonds. The number of nitrogens with two attached hydrogens (primary N) is 1. The summed E-state index contributed by atoms with van der Waals surface area (Å²) in [6.45, 7) is 2.67. The standard InChI is InChI=1S/C4H11N3O/c1-3-7(2)6-4(5)8/h3H2,1-2H3,(H3,5,6,8). The SMILES string of the molecule is CCN(C)NC(N)=O. The maximum absolute atomic E-state index is 10.0. The van der Waals surface area contributed by atoms with Gasteiger partial charge >= 0.3 is 6.03 Å². The molecule has 0 aromatic carbocycles. The molecule has 0 aliphatic heterocycles. The van der Waals surface area contributed by atoms with E-state index in [4.69, 9.17) is 5.73 Å². The minimum atomic E-state index is -0.519. The van der Waals surface area contributed by atoms with Crippen LogP contribution in [0.15, 0.2) is 0 Å². The van der Waals surface area contributed by atoms with Crippen molar-refractivity contribution in [2.45, 2.75) is 6.92 Å². The smallest absolute Gasteiger partial charge is 0.326 e. The zero-order chi connectivity index (χ0) is 6.57. The summed E-state index contributed by atoms with van der Waals surface area (Å²) in [4.78, 5) is 10.0. The Morgan fingerprint density at radius 1 is 1.88 bits per heavy atom. The Balaban J connectivity index is 3.24. The van der Waals surface area contributed by atoms with E-state index in [1.807, 2.05) is 6.92 Å². The molecular formula is C4H11N3O. The topological polar surface area (TPSA) is 58.4 Å². The molecule has 0 aliphatic rings. The van der Waals surface area contributed by atoms with E-state index in [9.17, 15) is 4.79 Å². The molecule has 0 radical (unpaired) electrons. The highest BCUT2D eigenvalue weighted by atomic mass is 16.2. The molecular weight excluding hydrogens is 106 g/mol. The molecule has 4 nitrogen and oxygen atoms in total. The average molecular weight is 117 g/mol. The Labute approximate surface area is 48.6 Å². The second kappa shape index (κ2) is 3.26. The van der Waals surface area contributed by atoms with Crippen LogP contribution in [0.25, 0.3) is 0 Å². The lowest BCUT2D eigenvalue weighted by atomic mass is 10.7. The van der Waals surface area contributed by atoms with E-state index in [2.05, 4.69) is 5.43 Å². The van der Waals surface area contributed by atoms with Crippen molar-refractivity contribution in [3.05, 3.63) is 0 Å². The number of carbonyl (C=O) groups excluding carboxylic acids is 1. The summed E-state index contributed by atoms with van der Waals surface area (Å²) in [5, 5.41) is 1.60. The molecule has 0 aromatic heterocycles. The summed E-state index contributed by atoms with van der Waals surface area (Å²) in [6.07, 6.45) is 0. The lowest BCUT2D eigenvalue weighted by Crippen LogP contribution is -2.42. The predicted octanol–water partition coefficient (Wildman–Crippen LogP) is -0.479. The van der Waals surface area contributed by atoms with Gasteiger partial charge in [-0.05, 0) is 0 Å². The van der Waals surface area contributed by atoms with Crippen LogP contribution in [-0.4, -0.2) is 24.6 Å². The first-order valence-electron chi connectivity index (χ1n) is 2.44. The van der Waals surface area contributed by atoms with Crippen molar-refractivity contribution in [3.63, 3.8) is 0 Å². The maximum Gasteiger partial charge on any atom is 0.326 e. The number of nitrogens with one attached hydrogen (secondary N) is 1. The number of hydrogen-bond donors (Lipinski definition) is 2. The Bertz CT molecular complexity index is 83.4. The first-order valence-corrected chi connectivity index (χ1v) is 2.44. The zero-order valence-corrected chi connectivity index (χ0v) is 5.14. The highest BCUT2D eigenvalue weighted by molar-refractivity contribution is 5.70. The number of hydrazine groups is 1. The highest BCUT2D eigenvalue weighted by Crippen LogP contribution is 1.68. The third-order valence-electron chi connectivity index (χ3n) is 0.775. The number of nitrogens with zero attached hydrogens (tertiary/aromatic N) is 1. The van der Waals surface area contributed by atoms with Gasteiger partial charge in [-0.2, -0.15) is 0 Å². The molecule has 0 saturated carbocycles. The minimum absolute atomic E-state index is 0.519. The van der Waals surface area contributed by atoms with Crippen LogP contribution in [-0.2, 0) is 0 Å². The van der Waals surface area contributed by atoms with Crippen molar-refractivity contribution >= 4 is 6.03 Å². The van der Waals surface area contributed by atoms with Crippen LogP contribution in [0.3, 0.4) is 0 Å². The molecule has 0 bridgehead atoms. The summed E-state index contributed by atoms with van der Waals surface area (Å²) >= 11 is 0. The van der Waals surface area contributed by atoms with Gasteiger partial charge in [0.05, 0.1) is 0 Å². The second-order valence-corrected chi connectivity index (χ2v) is 1.49. The molecule has 0 saturated heterocycles. The van der Waals surface area contributed by atoms with Gasteiger partial charge < -0.3 is 5.73 Å². The van der Waals surface area contributed by atoms with E-state index in [0.29, 0.717) is 0 Å². The van der Waals surface area contributed by atoms with Gasteiger partial charge in [-0.25, -0.2) is 9.80 Å². The van der Waals surface area contributed by atoms with Crippen LogP contribution in [0, 0.1) is 0 Å². The summed E-state index contributed by atoms with van der Waals surface area (Å²) in [5.74, 6) is 0.